The fourth-order valence-corrected chi connectivity index (χ4v) is 6.54. The Hall–Kier alpha value is -5.13. The number of aromatic amines is 1. The number of carbonyl (C=O) groups is 2. The zero-order valence-corrected chi connectivity index (χ0v) is 24.0. The summed E-state index contributed by atoms with van der Waals surface area (Å²) in [5, 5.41) is 10.9. The van der Waals surface area contributed by atoms with Crippen molar-refractivity contribution in [3.05, 3.63) is 125 Å². The number of rotatable bonds is 6. The number of aromatic carboxylic acids is 1. The van der Waals surface area contributed by atoms with Crippen LogP contribution in [0.1, 0.15) is 37.4 Å². The van der Waals surface area contributed by atoms with Gasteiger partial charge in [-0.3, -0.25) is 4.79 Å². The summed E-state index contributed by atoms with van der Waals surface area (Å²) in [4.78, 5) is 30.5. The SMILES string of the molecule is O=C(Cc1ccc(N2CCS(=O)(=O)CC2)cc1)c1cccc(C#Cc2cccc(C(=O)O)c2-c2ccc3cc[nH]c3c2)c1. The molecule has 0 amide bonds. The van der Waals surface area contributed by atoms with Crippen LogP contribution in [0.25, 0.3) is 22.0 Å². The van der Waals surface area contributed by atoms with Crippen molar-refractivity contribution in [2.75, 3.05) is 29.5 Å². The van der Waals surface area contributed by atoms with Crippen molar-refractivity contribution < 1.29 is 23.1 Å². The minimum absolute atomic E-state index is 0.0479. The Morgan fingerprint density at radius 2 is 1.63 bits per heavy atom. The van der Waals surface area contributed by atoms with Gasteiger partial charge in [0.05, 0.1) is 17.1 Å². The highest BCUT2D eigenvalue weighted by Gasteiger charge is 2.22. The number of fused-ring (bicyclic) bond motifs is 1. The normalized spacial score (nSPS) is 14.2. The van der Waals surface area contributed by atoms with E-state index in [2.05, 4.69) is 16.8 Å². The molecule has 0 saturated carbocycles. The van der Waals surface area contributed by atoms with Crippen molar-refractivity contribution in [1.82, 2.24) is 4.98 Å². The number of anilines is 1. The lowest BCUT2D eigenvalue weighted by atomic mass is 9.93. The molecule has 1 aliphatic heterocycles. The van der Waals surface area contributed by atoms with Gasteiger partial charge in [0.25, 0.3) is 0 Å². The highest BCUT2D eigenvalue weighted by molar-refractivity contribution is 7.91. The van der Waals surface area contributed by atoms with E-state index in [0.29, 0.717) is 35.3 Å². The summed E-state index contributed by atoms with van der Waals surface area (Å²) in [6.45, 7) is 0.942. The predicted octanol–water partition coefficient (Wildman–Crippen LogP) is 5.59. The summed E-state index contributed by atoms with van der Waals surface area (Å²) < 4.78 is 23.4. The van der Waals surface area contributed by atoms with E-state index in [1.54, 1.807) is 36.4 Å². The van der Waals surface area contributed by atoms with Crippen LogP contribution in [-0.2, 0) is 16.3 Å². The molecule has 1 aliphatic rings. The van der Waals surface area contributed by atoms with Crippen molar-refractivity contribution >= 4 is 38.2 Å². The van der Waals surface area contributed by atoms with Gasteiger partial charge in [-0.15, -0.1) is 0 Å². The minimum Gasteiger partial charge on any atom is -0.478 e. The standard InChI is InChI=1S/C35H28N2O5S/c38-33(22-25-8-13-30(14-9-25)37-17-19-43(41,42)20-18-37)28-5-1-3-24(21-28)7-10-27-4-2-6-31(35(39)40)34(27)29-12-11-26-15-16-36-32(26)23-29/h1-6,8-9,11-16,21,23,36H,17-20,22H2,(H,39,40). The van der Waals surface area contributed by atoms with Gasteiger partial charge in [0.1, 0.15) is 0 Å². The molecule has 0 atom stereocenters. The van der Waals surface area contributed by atoms with Crippen LogP contribution in [0.15, 0.2) is 97.2 Å². The largest absolute Gasteiger partial charge is 0.478 e. The maximum Gasteiger partial charge on any atom is 0.336 e. The number of nitrogens with one attached hydrogen (secondary N) is 1. The van der Waals surface area contributed by atoms with Gasteiger partial charge in [0.2, 0.25) is 0 Å². The lowest BCUT2D eigenvalue weighted by Gasteiger charge is -2.28. The molecule has 8 heteroatoms. The highest BCUT2D eigenvalue weighted by atomic mass is 32.2. The first kappa shape index (κ1) is 28.0. The lowest BCUT2D eigenvalue weighted by molar-refractivity contribution is 0.0697. The number of nitrogens with zero attached hydrogens (tertiary/aromatic N) is 1. The molecule has 5 aromatic rings. The minimum atomic E-state index is -2.95. The van der Waals surface area contributed by atoms with Gasteiger partial charge in [-0.2, -0.15) is 0 Å². The second-order valence-electron chi connectivity index (χ2n) is 10.5. The number of H-pyrrole nitrogens is 1. The van der Waals surface area contributed by atoms with Crippen molar-refractivity contribution in [2.45, 2.75) is 6.42 Å². The molecule has 0 aliphatic carbocycles. The number of aromatic nitrogens is 1. The van der Waals surface area contributed by atoms with Crippen LogP contribution in [-0.4, -0.2) is 54.9 Å². The predicted molar refractivity (Wildman–Crippen MR) is 168 cm³/mol. The third kappa shape index (κ3) is 6.22. The molecule has 1 fully saturated rings. The Balaban J connectivity index is 1.22. The van der Waals surface area contributed by atoms with E-state index < -0.39 is 15.8 Å². The van der Waals surface area contributed by atoms with Gasteiger partial charge in [0.15, 0.2) is 15.6 Å². The second-order valence-corrected chi connectivity index (χ2v) is 12.9. The first-order valence-electron chi connectivity index (χ1n) is 13.9. The lowest BCUT2D eigenvalue weighted by Crippen LogP contribution is -2.40. The van der Waals surface area contributed by atoms with E-state index in [1.807, 2.05) is 65.7 Å². The maximum atomic E-state index is 13.1. The number of carboxylic acid groups (broad SMARTS) is 1. The zero-order chi connectivity index (χ0) is 30.0. The molecular formula is C35H28N2O5S. The molecule has 0 unspecified atom stereocenters. The average Bonchev–Trinajstić information content (AvgIpc) is 3.48. The van der Waals surface area contributed by atoms with E-state index in [1.165, 1.54) is 0 Å². The number of carboxylic acids is 1. The van der Waals surface area contributed by atoms with Crippen molar-refractivity contribution in [2.24, 2.45) is 0 Å². The number of ketones is 1. The molecule has 4 aromatic carbocycles. The Labute approximate surface area is 249 Å². The number of hydrogen-bond acceptors (Lipinski definition) is 5. The van der Waals surface area contributed by atoms with Gasteiger partial charge in [0, 0.05) is 59.2 Å². The topological polar surface area (TPSA) is 108 Å². The summed E-state index contributed by atoms with van der Waals surface area (Å²) in [6.07, 6.45) is 2.06. The molecule has 0 radical (unpaired) electrons. The van der Waals surface area contributed by atoms with Crippen LogP contribution in [0.5, 0.6) is 0 Å². The first-order chi connectivity index (χ1) is 20.8. The molecule has 0 spiro atoms. The van der Waals surface area contributed by atoms with Crippen molar-refractivity contribution in [3.63, 3.8) is 0 Å². The van der Waals surface area contributed by atoms with Crippen molar-refractivity contribution in [1.29, 1.82) is 0 Å². The van der Waals surface area contributed by atoms with Gasteiger partial charge in [-0.1, -0.05) is 54.3 Å². The van der Waals surface area contributed by atoms with Gasteiger partial charge in [-0.05, 0) is 65.0 Å². The second kappa shape index (κ2) is 11.6. The third-order valence-corrected chi connectivity index (χ3v) is 9.28. The van der Waals surface area contributed by atoms with Crippen molar-refractivity contribution in [3.8, 4) is 23.0 Å². The van der Waals surface area contributed by atoms with E-state index in [-0.39, 0.29) is 29.3 Å². The van der Waals surface area contributed by atoms with Crippen LogP contribution in [0.2, 0.25) is 0 Å². The smallest absolute Gasteiger partial charge is 0.336 e. The molecule has 1 saturated heterocycles. The van der Waals surface area contributed by atoms with Gasteiger partial charge in [-0.25, -0.2) is 13.2 Å². The van der Waals surface area contributed by atoms with Crippen LogP contribution in [0.4, 0.5) is 5.69 Å². The van der Waals surface area contributed by atoms with Crippen LogP contribution in [0.3, 0.4) is 0 Å². The summed E-state index contributed by atoms with van der Waals surface area (Å²) >= 11 is 0. The molecule has 6 rings (SSSR count). The van der Waals surface area contributed by atoms with E-state index in [9.17, 15) is 23.1 Å². The monoisotopic (exact) mass is 588 g/mol. The fraction of sp³-hybridized carbons (Fsp3) is 0.143. The first-order valence-corrected chi connectivity index (χ1v) is 15.7. The Kier molecular flexibility index (Phi) is 7.58. The number of benzene rings is 4. The van der Waals surface area contributed by atoms with E-state index in [0.717, 1.165) is 27.7 Å². The molecule has 2 N–H and O–H groups in total. The Morgan fingerprint density at radius 1 is 0.860 bits per heavy atom. The van der Waals surface area contributed by atoms with Gasteiger partial charge >= 0.3 is 5.97 Å². The number of hydrogen-bond donors (Lipinski definition) is 2. The van der Waals surface area contributed by atoms with Crippen LogP contribution in [0, 0.1) is 11.8 Å². The van der Waals surface area contributed by atoms with E-state index in [4.69, 9.17) is 0 Å². The highest BCUT2D eigenvalue weighted by Crippen LogP contribution is 2.30. The molecular weight excluding hydrogens is 560 g/mol. The Morgan fingerprint density at radius 3 is 2.40 bits per heavy atom. The van der Waals surface area contributed by atoms with Crippen LogP contribution >= 0.6 is 0 Å². The molecule has 43 heavy (non-hydrogen) atoms. The molecule has 2 heterocycles. The summed E-state index contributed by atoms with van der Waals surface area (Å²) in [5.41, 5.74) is 5.93. The average molecular weight is 589 g/mol. The molecule has 1 aromatic heterocycles. The third-order valence-electron chi connectivity index (χ3n) is 7.68. The summed E-state index contributed by atoms with van der Waals surface area (Å²) in [7, 11) is -2.95. The molecule has 7 nitrogen and oxygen atoms in total. The quantitative estimate of drug-likeness (QED) is 0.198. The maximum absolute atomic E-state index is 13.1. The zero-order valence-electron chi connectivity index (χ0n) is 23.2. The number of carbonyl (C=O) groups excluding carboxylic acids is 1. The Bertz CT molecular complexity index is 2020. The molecule has 214 valence electrons. The van der Waals surface area contributed by atoms with E-state index >= 15 is 0 Å². The molecule has 0 bridgehead atoms. The summed E-state index contributed by atoms with van der Waals surface area (Å²) in [6, 6.07) is 27.6. The van der Waals surface area contributed by atoms with Crippen LogP contribution < -0.4 is 4.90 Å². The van der Waals surface area contributed by atoms with Gasteiger partial charge < -0.3 is 15.0 Å². The number of Topliss-reactive ketones (excluding diaryl/α,β-unsaturated/α-hetero) is 1. The fourth-order valence-electron chi connectivity index (χ4n) is 5.34. The summed E-state index contributed by atoms with van der Waals surface area (Å²) in [5.74, 6) is 5.50. The number of sulfone groups is 1.